The molecule has 2 heterocycles. The van der Waals surface area contributed by atoms with Crippen LogP contribution in [0.4, 0.5) is 10.2 Å². The normalized spacial score (nSPS) is 10.5. The van der Waals surface area contributed by atoms with E-state index in [1.54, 1.807) is 6.92 Å². The molecule has 2 aromatic heterocycles. The molecule has 7 heteroatoms. The van der Waals surface area contributed by atoms with E-state index in [0.29, 0.717) is 29.2 Å². The Morgan fingerprint density at radius 3 is 3.00 bits per heavy atom. The van der Waals surface area contributed by atoms with Crippen molar-refractivity contribution in [2.24, 2.45) is 0 Å². The van der Waals surface area contributed by atoms with Gasteiger partial charge in [-0.15, -0.1) is 0 Å². The SMILES string of the molecule is Cc1nc(CCNc2ncc(Br)cc2F)no1. The second-order valence-electron chi connectivity index (χ2n) is 3.39. The highest BCUT2D eigenvalue weighted by Crippen LogP contribution is 2.15. The third-order valence-electron chi connectivity index (χ3n) is 2.02. The fraction of sp³-hybridized carbons (Fsp3) is 0.300. The lowest BCUT2D eigenvalue weighted by Crippen LogP contribution is -2.08. The first-order chi connectivity index (χ1) is 8.15. The van der Waals surface area contributed by atoms with Gasteiger partial charge in [0.15, 0.2) is 17.5 Å². The van der Waals surface area contributed by atoms with Gasteiger partial charge in [-0.3, -0.25) is 0 Å². The largest absolute Gasteiger partial charge is 0.367 e. The second-order valence-corrected chi connectivity index (χ2v) is 4.31. The molecule has 2 rings (SSSR count). The number of pyridine rings is 1. The first-order valence-corrected chi connectivity index (χ1v) is 5.78. The molecule has 0 saturated carbocycles. The zero-order valence-corrected chi connectivity index (χ0v) is 10.7. The van der Waals surface area contributed by atoms with Gasteiger partial charge in [-0.2, -0.15) is 4.98 Å². The molecule has 2 aromatic rings. The van der Waals surface area contributed by atoms with Crippen LogP contribution < -0.4 is 5.32 Å². The Bertz CT molecular complexity index is 517. The minimum absolute atomic E-state index is 0.216. The van der Waals surface area contributed by atoms with Crippen molar-refractivity contribution in [2.45, 2.75) is 13.3 Å². The van der Waals surface area contributed by atoms with Crippen LogP contribution in [0.15, 0.2) is 21.3 Å². The van der Waals surface area contributed by atoms with Gasteiger partial charge in [0.25, 0.3) is 0 Å². The Morgan fingerprint density at radius 2 is 2.35 bits per heavy atom. The minimum Gasteiger partial charge on any atom is -0.367 e. The fourth-order valence-electron chi connectivity index (χ4n) is 1.28. The predicted molar refractivity (Wildman–Crippen MR) is 63.1 cm³/mol. The van der Waals surface area contributed by atoms with Crippen molar-refractivity contribution in [1.29, 1.82) is 0 Å². The molecule has 0 spiro atoms. The van der Waals surface area contributed by atoms with Crippen LogP contribution in [0, 0.1) is 12.7 Å². The molecule has 0 aliphatic heterocycles. The van der Waals surface area contributed by atoms with Gasteiger partial charge in [0.05, 0.1) is 0 Å². The molecule has 0 bridgehead atoms. The summed E-state index contributed by atoms with van der Waals surface area (Å²) < 4.78 is 18.8. The Hall–Kier alpha value is -1.50. The summed E-state index contributed by atoms with van der Waals surface area (Å²) in [5.74, 6) is 0.928. The van der Waals surface area contributed by atoms with E-state index in [4.69, 9.17) is 4.52 Å². The Morgan fingerprint density at radius 1 is 1.53 bits per heavy atom. The number of hydrogen-bond donors (Lipinski definition) is 1. The molecule has 17 heavy (non-hydrogen) atoms. The third-order valence-corrected chi connectivity index (χ3v) is 2.45. The van der Waals surface area contributed by atoms with Crippen LogP contribution in [0.2, 0.25) is 0 Å². The minimum atomic E-state index is -0.399. The molecule has 0 amide bonds. The number of nitrogens with one attached hydrogen (secondary N) is 1. The number of nitrogens with zero attached hydrogens (tertiary/aromatic N) is 3. The molecule has 0 unspecified atom stereocenters. The smallest absolute Gasteiger partial charge is 0.223 e. The molecule has 5 nitrogen and oxygen atoms in total. The van der Waals surface area contributed by atoms with Crippen LogP contribution in [0.5, 0.6) is 0 Å². The maximum absolute atomic E-state index is 13.4. The highest BCUT2D eigenvalue weighted by molar-refractivity contribution is 9.10. The number of hydrogen-bond acceptors (Lipinski definition) is 5. The van der Waals surface area contributed by atoms with Crippen molar-refractivity contribution in [3.05, 3.63) is 34.3 Å². The van der Waals surface area contributed by atoms with Crippen molar-refractivity contribution in [1.82, 2.24) is 15.1 Å². The summed E-state index contributed by atoms with van der Waals surface area (Å²) in [6.07, 6.45) is 2.08. The van der Waals surface area contributed by atoms with Crippen molar-refractivity contribution in [3.8, 4) is 0 Å². The monoisotopic (exact) mass is 300 g/mol. The number of anilines is 1. The van der Waals surface area contributed by atoms with Gasteiger partial charge < -0.3 is 9.84 Å². The number of rotatable bonds is 4. The van der Waals surface area contributed by atoms with Crippen molar-refractivity contribution >= 4 is 21.7 Å². The van der Waals surface area contributed by atoms with E-state index in [1.807, 2.05) is 0 Å². The summed E-state index contributed by atoms with van der Waals surface area (Å²) >= 11 is 3.14. The maximum Gasteiger partial charge on any atom is 0.223 e. The summed E-state index contributed by atoms with van der Waals surface area (Å²) in [5.41, 5.74) is 0. The number of aryl methyl sites for hydroxylation is 1. The molecule has 0 saturated heterocycles. The van der Waals surface area contributed by atoms with E-state index in [9.17, 15) is 4.39 Å². The molecule has 0 aromatic carbocycles. The molecule has 0 aliphatic rings. The molecule has 0 atom stereocenters. The van der Waals surface area contributed by atoms with Gasteiger partial charge in [0.1, 0.15) is 0 Å². The van der Waals surface area contributed by atoms with E-state index in [0.717, 1.165) is 0 Å². The first-order valence-electron chi connectivity index (χ1n) is 4.99. The number of aromatic nitrogens is 3. The van der Waals surface area contributed by atoms with Gasteiger partial charge in [0.2, 0.25) is 5.89 Å². The van der Waals surface area contributed by atoms with Crippen LogP contribution in [-0.2, 0) is 6.42 Å². The summed E-state index contributed by atoms with van der Waals surface area (Å²) in [4.78, 5) is 7.96. The molecule has 90 valence electrons. The Balaban J connectivity index is 1.90. The van der Waals surface area contributed by atoms with Crippen LogP contribution >= 0.6 is 15.9 Å². The highest BCUT2D eigenvalue weighted by atomic mass is 79.9. The summed E-state index contributed by atoms with van der Waals surface area (Å²) in [6, 6.07) is 1.35. The fourth-order valence-corrected chi connectivity index (χ4v) is 1.58. The lowest BCUT2D eigenvalue weighted by molar-refractivity contribution is 0.387. The standard InChI is InChI=1S/C10H10BrFN4O/c1-6-15-9(16-17-6)2-3-13-10-8(12)4-7(11)5-14-10/h4-5H,2-3H2,1H3,(H,13,14). The van der Waals surface area contributed by atoms with Crippen molar-refractivity contribution in [3.63, 3.8) is 0 Å². The topological polar surface area (TPSA) is 63.8 Å². The van der Waals surface area contributed by atoms with Crippen LogP contribution in [0.25, 0.3) is 0 Å². The molecular formula is C10H10BrFN4O. The maximum atomic E-state index is 13.4. The van der Waals surface area contributed by atoms with Gasteiger partial charge in [-0.05, 0) is 22.0 Å². The van der Waals surface area contributed by atoms with Gasteiger partial charge in [-0.1, -0.05) is 5.16 Å². The quantitative estimate of drug-likeness (QED) is 0.939. The lowest BCUT2D eigenvalue weighted by Gasteiger charge is -2.04. The highest BCUT2D eigenvalue weighted by Gasteiger charge is 2.05. The molecular weight excluding hydrogens is 291 g/mol. The lowest BCUT2D eigenvalue weighted by atomic mass is 10.4. The summed E-state index contributed by atoms with van der Waals surface area (Å²) in [5, 5.41) is 6.61. The predicted octanol–water partition coefficient (Wildman–Crippen LogP) is 2.33. The van der Waals surface area contributed by atoms with Gasteiger partial charge in [0, 0.05) is 30.6 Å². The number of halogens is 2. The van der Waals surface area contributed by atoms with Gasteiger partial charge in [-0.25, -0.2) is 9.37 Å². The van der Waals surface area contributed by atoms with E-state index >= 15 is 0 Å². The molecule has 0 fully saturated rings. The molecule has 1 N–H and O–H groups in total. The van der Waals surface area contributed by atoms with Gasteiger partial charge >= 0.3 is 0 Å². The average molecular weight is 301 g/mol. The Kier molecular flexibility index (Phi) is 3.68. The van der Waals surface area contributed by atoms with Crippen molar-refractivity contribution in [2.75, 3.05) is 11.9 Å². The second kappa shape index (κ2) is 5.22. The molecule has 0 aliphatic carbocycles. The van der Waals surface area contributed by atoms with Crippen molar-refractivity contribution < 1.29 is 8.91 Å². The zero-order chi connectivity index (χ0) is 12.3. The van der Waals surface area contributed by atoms with Crippen LogP contribution in [0.1, 0.15) is 11.7 Å². The average Bonchev–Trinajstić information content (AvgIpc) is 2.68. The summed E-state index contributed by atoms with van der Waals surface area (Å²) in [7, 11) is 0. The summed E-state index contributed by atoms with van der Waals surface area (Å²) in [6.45, 7) is 2.21. The third kappa shape index (κ3) is 3.23. The van der Waals surface area contributed by atoms with Crippen LogP contribution in [-0.4, -0.2) is 21.7 Å². The Labute approximate surface area is 106 Å². The van der Waals surface area contributed by atoms with Crippen LogP contribution in [0.3, 0.4) is 0 Å². The van der Waals surface area contributed by atoms with E-state index in [1.165, 1.54) is 12.3 Å². The van der Waals surface area contributed by atoms with E-state index in [-0.39, 0.29) is 5.82 Å². The van der Waals surface area contributed by atoms with E-state index < -0.39 is 5.82 Å². The molecule has 0 radical (unpaired) electrons. The zero-order valence-electron chi connectivity index (χ0n) is 9.07. The van der Waals surface area contributed by atoms with E-state index in [2.05, 4.69) is 36.4 Å². The first kappa shape index (κ1) is 12.0.